The molecule has 4 rings (SSSR count). The predicted molar refractivity (Wildman–Crippen MR) is 159 cm³/mol. The fraction of sp³-hybridized carbons (Fsp3) is 0.645. The number of halogens is 3. The predicted octanol–water partition coefficient (Wildman–Crippen LogP) is 3.04. The second-order valence-corrected chi connectivity index (χ2v) is 14.7. The number of fused-ring (bicyclic) bond motifs is 2. The van der Waals surface area contributed by atoms with Gasteiger partial charge in [0, 0.05) is 6.54 Å². The highest BCUT2D eigenvalue weighted by atomic mass is 19.4. The number of piperidine rings is 1. The molecule has 0 spiro atoms. The van der Waals surface area contributed by atoms with Crippen molar-refractivity contribution in [1.82, 2.24) is 15.5 Å². The summed E-state index contributed by atoms with van der Waals surface area (Å²) >= 11 is 0. The molecular weight excluding hydrogens is 611 g/mol. The van der Waals surface area contributed by atoms with Crippen LogP contribution < -0.4 is 26.0 Å². The van der Waals surface area contributed by atoms with Crippen LogP contribution in [0.25, 0.3) is 0 Å². The fourth-order valence-electron chi connectivity index (χ4n) is 6.31. The number of nitrogens with zero attached hydrogens (tertiary/aromatic N) is 2. The lowest BCUT2D eigenvalue weighted by Crippen LogP contribution is -2.61. The second-order valence-electron chi connectivity index (χ2n) is 14.7. The third-order valence-corrected chi connectivity index (χ3v) is 8.77. The van der Waals surface area contributed by atoms with Crippen molar-refractivity contribution in [3.8, 4) is 5.75 Å². The Kier molecular flexibility index (Phi) is 8.81. The number of nitrogens with two attached hydrogens (primary N) is 1. The lowest BCUT2D eigenvalue weighted by Gasteiger charge is -2.38. The largest absolute Gasteiger partial charge is 0.490 e. The Morgan fingerprint density at radius 3 is 2.22 bits per heavy atom. The summed E-state index contributed by atoms with van der Waals surface area (Å²) in [5.74, 6) is -4.97. The minimum atomic E-state index is -5.22. The van der Waals surface area contributed by atoms with Crippen LogP contribution in [0.3, 0.4) is 0 Å². The summed E-state index contributed by atoms with van der Waals surface area (Å²) in [6, 6.07) is 0.418. The molecule has 1 saturated heterocycles. The van der Waals surface area contributed by atoms with Crippen LogP contribution in [0, 0.1) is 22.7 Å². The van der Waals surface area contributed by atoms with Gasteiger partial charge in [0.15, 0.2) is 0 Å². The topological polar surface area (TPSA) is 160 Å². The number of carbonyl (C=O) groups excluding carboxylic acids is 5. The number of likely N-dealkylation sites (tertiary alicyclic amines) is 1. The SMILES string of the molecule is CC(C)(C)OC(=O)N1CCOc2cc(C(NC(=O)[C@@H]3[C@@H]4[C@H](CN3C(=O)C(NC(=O)C(F)(F)F)C(C)(C)C)C4(C)C)C(N)=O)ccc21. The number of hydrogen-bond acceptors (Lipinski definition) is 7. The molecule has 2 heterocycles. The maximum atomic E-state index is 13.9. The molecule has 0 radical (unpaired) electrons. The lowest BCUT2D eigenvalue weighted by molar-refractivity contribution is -0.176. The Hall–Kier alpha value is -4.04. The molecule has 2 aliphatic heterocycles. The molecule has 2 unspecified atom stereocenters. The van der Waals surface area contributed by atoms with E-state index in [2.05, 4.69) is 5.32 Å². The van der Waals surface area contributed by atoms with E-state index in [9.17, 15) is 37.1 Å². The molecule has 12 nitrogen and oxygen atoms in total. The van der Waals surface area contributed by atoms with Gasteiger partial charge >= 0.3 is 18.2 Å². The normalized spacial score (nSPS) is 23.2. The Bertz CT molecular complexity index is 1430. The van der Waals surface area contributed by atoms with Gasteiger partial charge in [-0.15, -0.1) is 0 Å². The van der Waals surface area contributed by atoms with E-state index in [4.69, 9.17) is 15.2 Å². The second kappa shape index (κ2) is 11.6. The molecule has 0 aromatic heterocycles. The van der Waals surface area contributed by atoms with E-state index < -0.39 is 65.0 Å². The van der Waals surface area contributed by atoms with Crippen LogP contribution in [0.15, 0.2) is 18.2 Å². The highest BCUT2D eigenvalue weighted by Gasteiger charge is 2.70. The summed E-state index contributed by atoms with van der Waals surface area (Å²) in [5, 5.41) is 4.44. The molecule has 46 heavy (non-hydrogen) atoms. The Labute approximate surface area is 265 Å². The molecule has 4 N–H and O–H groups in total. The van der Waals surface area contributed by atoms with Gasteiger partial charge in [-0.2, -0.15) is 13.2 Å². The van der Waals surface area contributed by atoms with E-state index in [-0.39, 0.29) is 48.3 Å². The van der Waals surface area contributed by atoms with Gasteiger partial charge in [0.05, 0.1) is 12.2 Å². The summed E-state index contributed by atoms with van der Waals surface area (Å²) in [6.07, 6.45) is -5.80. The van der Waals surface area contributed by atoms with Gasteiger partial charge in [-0.05, 0) is 61.1 Å². The standard InChI is InChI=1S/C31H42F3N5O7/c1-28(2,3)22(37-26(43)31(32,33)34)25(42)39-14-16-19(30(16,7)8)21(39)24(41)36-20(23(35)40)15-9-10-17-18(13-15)45-12-11-38(17)27(44)46-29(4,5)6/h9-10,13,16,19-22H,11-12,14H2,1-8H3,(H2,35,40)(H,36,41)(H,37,43)/t16-,19-,20?,21-,22?/m0/s1. The van der Waals surface area contributed by atoms with Crippen molar-refractivity contribution in [2.45, 2.75) is 85.3 Å². The molecule has 1 aromatic carbocycles. The summed E-state index contributed by atoms with van der Waals surface area (Å²) < 4.78 is 50.7. The van der Waals surface area contributed by atoms with Crippen molar-refractivity contribution in [2.24, 2.45) is 28.4 Å². The molecule has 254 valence electrons. The van der Waals surface area contributed by atoms with Crippen molar-refractivity contribution < 1.29 is 46.6 Å². The van der Waals surface area contributed by atoms with E-state index in [0.717, 1.165) is 0 Å². The molecule has 5 atom stereocenters. The number of alkyl halides is 3. The number of ether oxygens (including phenoxy) is 2. The first kappa shape index (κ1) is 34.8. The lowest BCUT2D eigenvalue weighted by atomic mass is 9.85. The van der Waals surface area contributed by atoms with Crippen molar-refractivity contribution in [1.29, 1.82) is 0 Å². The van der Waals surface area contributed by atoms with E-state index in [1.165, 1.54) is 42.7 Å². The number of anilines is 1. The van der Waals surface area contributed by atoms with Gasteiger partial charge in [-0.1, -0.05) is 40.7 Å². The van der Waals surface area contributed by atoms with E-state index in [1.54, 1.807) is 26.8 Å². The maximum absolute atomic E-state index is 13.9. The first-order valence-corrected chi connectivity index (χ1v) is 15.0. The van der Waals surface area contributed by atoms with Gasteiger partial charge in [-0.25, -0.2) is 4.79 Å². The average Bonchev–Trinajstić information content (AvgIpc) is 3.23. The number of carbonyl (C=O) groups is 5. The van der Waals surface area contributed by atoms with Gasteiger partial charge in [-0.3, -0.25) is 24.1 Å². The van der Waals surface area contributed by atoms with Crippen molar-refractivity contribution in [2.75, 3.05) is 24.6 Å². The number of rotatable bonds is 6. The van der Waals surface area contributed by atoms with Crippen LogP contribution in [0.2, 0.25) is 0 Å². The van der Waals surface area contributed by atoms with Crippen molar-refractivity contribution in [3.05, 3.63) is 23.8 Å². The van der Waals surface area contributed by atoms with Gasteiger partial charge in [0.2, 0.25) is 17.7 Å². The zero-order chi connectivity index (χ0) is 34.7. The summed E-state index contributed by atoms with van der Waals surface area (Å²) in [4.78, 5) is 67.6. The zero-order valence-electron chi connectivity index (χ0n) is 27.2. The van der Waals surface area contributed by atoms with E-state index in [0.29, 0.717) is 5.69 Å². The highest BCUT2D eigenvalue weighted by molar-refractivity contribution is 5.97. The molecule has 1 aromatic rings. The summed E-state index contributed by atoms with van der Waals surface area (Å²) in [7, 11) is 0. The molecule has 1 saturated carbocycles. The molecule has 0 bridgehead atoms. The summed E-state index contributed by atoms with van der Waals surface area (Å²) in [5.41, 5.74) is 4.12. The molecule has 1 aliphatic carbocycles. The fourth-order valence-corrected chi connectivity index (χ4v) is 6.31. The zero-order valence-corrected chi connectivity index (χ0v) is 27.2. The van der Waals surface area contributed by atoms with Crippen LogP contribution in [-0.4, -0.2) is 78.2 Å². The Morgan fingerprint density at radius 1 is 1.04 bits per heavy atom. The summed E-state index contributed by atoms with van der Waals surface area (Å²) in [6.45, 7) is 14.0. The van der Waals surface area contributed by atoms with Gasteiger partial charge < -0.3 is 30.7 Å². The van der Waals surface area contributed by atoms with Crippen LogP contribution >= 0.6 is 0 Å². The molecule has 3 aliphatic rings. The number of benzene rings is 1. The number of hydrogen-bond donors (Lipinski definition) is 3. The van der Waals surface area contributed by atoms with E-state index >= 15 is 0 Å². The quantitative estimate of drug-likeness (QED) is 0.426. The molecule has 5 amide bonds. The van der Waals surface area contributed by atoms with Crippen LogP contribution in [0.5, 0.6) is 5.75 Å². The van der Waals surface area contributed by atoms with Crippen molar-refractivity contribution in [3.63, 3.8) is 0 Å². The molecule has 2 fully saturated rings. The number of nitrogens with one attached hydrogen (secondary N) is 2. The number of amides is 5. The van der Waals surface area contributed by atoms with Crippen molar-refractivity contribution >= 4 is 35.4 Å². The smallest absolute Gasteiger partial charge is 0.471 e. The number of primary amides is 1. The maximum Gasteiger partial charge on any atom is 0.471 e. The highest BCUT2D eigenvalue weighted by Crippen LogP contribution is 2.65. The van der Waals surface area contributed by atoms with Gasteiger partial charge in [0.1, 0.15) is 36.1 Å². The third-order valence-electron chi connectivity index (χ3n) is 8.77. The van der Waals surface area contributed by atoms with Crippen LogP contribution in [0.4, 0.5) is 23.7 Å². The monoisotopic (exact) mass is 653 g/mol. The average molecular weight is 654 g/mol. The Morgan fingerprint density at radius 2 is 1.67 bits per heavy atom. The van der Waals surface area contributed by atoms with Crippen LogP contribution in [-0.2, 0) is 23.9 Å². The minimum absolute atomic E-state index is 0.0808. The molecular formula is C31H42F3N5O7. The Balaban J connectivity index is 1.60. The third kappa shape index (κ3) is 6.87. The van der Waals surface area contributed by atoms with Gasteiger partial charge in [0.25, 0.3) is 0 Å². The first-order chi connectivity index (χ1) is 20.9. The molecule has 15 heteroatoms. The minimum Gasteiger partial charge on any atom is -0.490 e. The van der Waals surface area contributed by atoms with E-state index in [1.807, 2.05) is 19.2 Å². The van der Waals surface area contributed by atoms with Crippen LogP contribution in [0.1, 0.15) is 67.0 Å². The first-order valence-electron chi connectivity index (χ1n) is 15.0.